The topological polar surface area (TPSA) is 87.7 Å². The van der Waals surface area contributed by atoms with Gasteiger partial charge in [0, 0.05) is 12.1 Å². The van der Waals surface area contributed by atoms with Gasteiger partial charge in [-0.05, 0) is 44.0 Å². The fourth-order valence-electron chi connectivity index (χ4n) is 2.43. The molecule has 2 aromatic rings. The molecule has 0 aliphatic heterocycles. The van der Waals surface area contributed by atoms with Gasteiger partial charge in [-0.1, -0.05) is 42.5 Å². The van der Waals surface area contributed by atoms with Gasteiger partial charge in [-0.3, -0.25) is 4.79 Å². The van der Waals surface area contributed by atoms with E-state index in [9.17, 15) is 9.59 Å². The van der Waals surface area contributed by atoms with E-state index >= 15 is 0 Å². The number of hydrogen-bond acceptors (Lipinski definition) is 4. The van der Waals surface area contributed by atoms with Gasteiger partial charge in [-0.15, -0.1) is 0 Å². The van der Waals surface area contributed by atoms with Gasteiger partial charge in [0.2, 0.25) is 5.91 Å². The minimum absolute atomic E-state index is 0.0644. The van der Waals surface area contributed by atoms with Gasteiger partial charge in [0.1, 0.15) is 11.6 Å². The lowest BCUT2D eigenvalue weighted by atomic mass is 10.1. The molecule has 0 saturated carbocycles. The predicted octanol–water partition coefficient (Wildman–Crippen LogP) is 3.25. The zero-order valence-electron chi connectivity index (χ0n) is 15.9. The molecule has 27 heavy (non-hydrogen) atoms. The third kappa shape index (κ3) is 7.11. The molecule has 0 aliphatic rings. The first-order chi connectivity index (χ1) is 12.8. The molecule has 0 saturated heterocycles. The Kier molecular flexibility index (Phi) is 6.96. The minimum Gasteiger partial charge on any atom is -0.444 e. The zero-order chi connectivity index (χ0) is 19.9. The average molecular weight is 370 g/mol. The zero-order valence-corrected chi connectivity index (χ0v) is 15.9. The lowest BCUT2D eigenvalue weighted by Crippen LogP contribution is -2.47. The first-order valence-electron chi connectivity index (χ1n) is 8.81. The van der Waals surface area contributed by atoms with Crippen LogP contribution >= 0.6 is 0 Å². The lowest BCUT2D eigenvalue weighted by Gasteiger charge is -2.23. The first kappa shape index (κ1) is 20.5. The average Bonchev–Trinajstić information content (AvgIpc) is 2.61. The standard InChI is InChI=1S/C21H26N2O4/c1-21(2,3)27-20(26)23-18(13-15-7-5-4-6-8-15)19(25)22-17-11-9-16(14-24)10-12-17/h4-12,18,24H,13-14H2,1-3H3,(H,22,25)(H,23,26)/t18-/m0/s1. The Morgan fingerprint density at radius 1 is 1.00 bits per heavy atom. The van der Waals surface area contributed by atoms with E-state index in [1.165, 1.54) is 0 Å². The number of hydrogen-bond donors (Lipinski definition) is 3. The summed E-state index contributed by atoms with van der Waals surface area (Å²) in [4.78, 5) is 24.9. The summed E-state index contributed by atoms with van der Waals surface area (Å²) in [6, 6.07) is 15.5. The number of rotatable bonds is 6. The maximum Gasteiger partial charge on any atom is 0.408 e. The van der Waals surface area contributed by atoms with Crippen LogP contribution in [0.2, 0.25) is 0 Å². The normalized spacial score (nSPS) is 12.1. The molecule has 0 aliphatic carbocycles. The van der Waals surface area contributed by atoms with Gasteiger partial charge in [-0.2, -0.15) is 0 Å². The highest BCUT2D eigenvalue weighted by Crippen LogP contribution is 2.12. The predicted molar refractivity (Wildman–Crippen MR) is 104 cm³/mol. The molecule has 6 heteroatoms. The highest BCUT2D eigenvalue weighted by atomic mass is 16.6. The van der Waals surface area contributed by atoms with Crippen LogP contribution in [0.5, 0.6) is 0 Å². The SMILES string of the molecule is CC(C)(C)OC(=O)N[C@@H](Cc1ccccc1)C(=O)Nc1ccc(CO)cc1. The van der Waals surface area contributed by atoms with Gasteiger partial charge in [0.05, 0.1) is 6.61 Å². The number of anilines is 1. The summed E-state index contributed by atoms with van der Waals surface area (Å²) in [7, 11) is 0. The fraction of sp³-hybridized carbons (Fsp3) is 0.333. The van der Waals surface area contributed by atoms with Gasteiger partial charge in [0.15, 0.2) is 0 Å². The van der Waals surface area contributed by atoms with E-state index in [-0.39, 0.29) is 12.5 Å². The van der Waals surface area contributed by atoms with Crippen LogP contribution in [0.1, 0.15) is 31.9 Å². The van der Waals surface area contributed by atoms with Crippen LogP contribution in [-0.4, -0.2) is 28.7 Å². The van der Waals surface area contributed by atoms with Crippen molar-refractivity contribution >= 4 is 17.7 Å². The molecule has 0 fully saturated rings. The minimum atomic E-state index is -0.792. The number of alkyl carbamates (subject to hydrolysis) is 1. The Morgan fingerprint density at radius 3 is 2.19 bits per heavy atom. The van der Waals surface area contributed by atoms with Crippen molar-refractivity contribution in [2.75, 3.05) is 5.32 Å². The Bertz CT molecular complexity index is 752. The van der Waals surface area contributed by atoms with Crippen molar-refractivity contribution in [3.8, 4) is 0 Å². The molecule has 0 bridgehead atoms. The molecule has 2 aromatic carbocycles. The van der Waals surface area contributed by atoms with Crippen LogP contribution in [0.15, 0.2) is 54.6 Å². The van der Waals surface area contributed by atoms with Gasteiger partial charge in [-0.25, -0.2) is 4.79 Å². The summed E-state index contributed by atoms with van der Waals surface area (Å²) < 4.78 is 5.28. The van der Waals surface area contributed by atoms with Crippen molar-refractivity contribution in [1.29, 1.82) is 0 Å². The molecule has 144 valence electrons. The van der Waals surface area contributed by atoms with Crippen LogP contribution < -0.4 is 10.6 Å². The van der Waals surface area contributed by atoms with E-state index < -0.39 is 17.7 Å². The van der Waals surface area contributed by atoms with E-state index in [2.05, 4.69) is 10.6 Å². The van der Waals surface area contributed by atoms with E-state index in [1.54, 1.807) is 45.0 Å². The second-order valence-corrected chi connectivity index (χ2v) is 7.23. The second kappa shape index (κ2) is 9.19. The summed E-state index contributed by atoms with van der Waals surface area (Å²) in [5.41, 5.74) is 1.60. The first-order valence-corrected chi connectivity index (χ1v) is 8.81. The largest absolute Gasteiger partial charge is 0.444 e. The van der Waals surface area contributed by atoms with E-state index in [4.69, 9.17) is 9.84 Å². The Morgan fingerprint density at radius 2 is 1.63 bits per heavy atom. The Labute approximate surface area is 159 Å². The Balaban J connectivity index is 2.11. The lowest BCUT2D eigenvalue weighted by molar-refractivity contribution is -0.118. The molecule has 6 nitrogen and oxygen atoms in total. The molecule has 0 radical (unpaired) electrons. The molecule has 0 spiro atoms. The number of amides is 2. The molecular weight excluding hydrogens is 344 g/mol. The van der Waals surface area contributed by atoms with Crippen LogP contribution in [-0.2, 0) is 22.6 Å². The quantitative estimate of drug-likeness (QED) is 0.728. The molecule has 2 amide bonds. The number of carbonyl (C=O) groups is 2. The number of aliphatic hydroxyl groups is 1. The monoisotopic (exact) mass is 370 g/mol. The molecule has 2 rings (SSSR count). The molecule has 0 aromatic heterocycles. The number of carbonyl (C=O) groups excluding carboxylic acids is 2. The summed E-state index contributed by atoms with van der Waals surface area (Å²) >= 11 is 0. The molecule has 0 unspecified atom stereocenters. The van der Waals surface area contributed by atoms with Gasteiger partial charge < -0.3 is 20.5 Å². The Hall–Kier alpha value is -2.86. The molecular formula is C21H26N2O4. The summed E-state index contributed by atoms with van der Waals surface area (Å²) in [5.74, 6) is -0.346. The van der Waals surface area contributed by atoms with Gasteiger partial charge >= 0.3 is 6.09 Å². The number of ether oxygens (including phenoxy) is 1. The molecule has 0 heterocycles. The van der Waals surface area contributed by atoms with Crippen LogP contribution in [0.3, 0.4) is 0 Å². The van der Waals surface area contributed by atoms with E-state index in [0.29, 0.717) is 12.1 Å². The molecule has 3 N–H and O–H groups in total. The second-order valence-electron chi connectivity index (χ2n) is 7.23. The maximum absolute atomic E-state index is 12.7. The van der Waals surface area contributed by atoms with Crippen LogP contribution in [0.25, 0.3) is 0 Å². The highest BCUT2D eigenvalue weighted by molar-refractivity contribution is 5.96. The maximum atomic E-state index is 12.7. The van der Waals surface area contributed by atoms with Crippen molar-refractivity contribution in [3.05, 3.63) is 65.7 Å². The van der Waals surface area contributed by atoms with Crippen LogP contribution in [0, 0.1) is 0 Å². The third-order valence-corrected chi connectivity index (χ3v) is 3.69. The number of nitrogens with one attached hydrogen (secondary N) is 2. The van der Waals surface area contributed by atoms with Crippen molar-refractivity contribution in [2.24, 2.45) is 0 Å². The fourth-order valence-corrected chi connectivity index (χ4v) is 2.43. The highest BCUT2D eigenvalue weighted by Gasteiger charge is 2.24. The van der Waals surface area contributed by atoms with Crippen molar-refractivity contribution in [2.45, 2.75) is 45.4 Å². The van der Waals surface area contributed by atoms with Crippen molar-refractivity contribution in [3.63, 3.8) is 0 Å². The van der Waals surface area contributed by atoms with Crippen molar-refractivity contribution in [1.82, 2.24) is 5.32 Å². The smallest absolute Gasteiger partial charge is 0.408 e. The van der Waals surface area contributed by atoms with Crippen LogP contribution in [0.4, 0.5) is 10.5 Å². The van der Waals surface area contributed by atoms with Crippen molar-refractivity contribution < 1.29 is 19.4 Å². The number of aliphatic hydroxyl groups excluding tert-OH is 1. The summed E-state index contributed by atoms with van der Waals surface area (Å²) in [5, 5.41) is 14.5. The third-order valence-electron chi connectivity index (χ3n) is 3.69. The summed E-state index contributed by atoms with van der Waals surface area (Å²) in [6.07, 6.45) is -0.310. The molecule has 1 atom stereocenters. The van der Waals surface area contributed by atoms with Gasteiger partial charge in [0.25, 0.3) is 0 Å². The summed E-state index contributed by atoms with van der Waals surface area (Å²) in [6.45, 7) is 5.23. The van der Waals surface area contributed by atoms with E-state index in [0.717, 1.165) is 11.1 Å². The number of benzene rings is 2. The van der Waals surface area contributed by atoms with E-state index in [1.807, 2.05) is 30.3 Å².